The lowest BCUT2D eigenvalue weighted by Crippen LogP contribution is -2.36. The molecular formula is C37H45NO6. The second-order valence-electron chi connectivity index (χ2n) is 10.4. The second kappa shape index (κ2) is 17.3. The van der Waals surface area contributed by atoms with Crippen molar-refractivity contribution in [2.75, 3.05) is 41.0 Å². The molecule has 0 saturated carbocycles. The van der Waals surface area contributed by atoms with E-state index in [-0.39, 0.29) is 12.3 Å². The van der Waals surface area contributed by atoms with Gasteiger partial charge in [0, 0.05) is 25.8 Å². The summed E-state index contributed by atoms with van der Waals surface area (Å²) in [5.74, 6) is 2.79. The Hall–Kier alpha value is -4.04. The van der Waals surface area contributed by atoms with Crippen molar-refractivity contribution in [3.63, 3.8) is 0 Å². The summed E-state index contributed by atoms with van der Waals surface area (Å²) in [5.41, 5.74) is 4.38. The van der Waals surface area contributed by atoms with Gasteiger partial charge in [0.1, 0.15) is 13.2 Å². The van der Waals surface area contributed by atoms with Crippen molar-refractivity contribution in [3.05, 3.63) is 119 Å². The molecule has 0 fully saturated rings. The maximum absolute atomic E-state index is 6.29. The molecule has 4 aromatic carbocycles. The molecule has 0 aliphatic carbocycles. The van der Waals surface area contributed by atoms with Crippen molar-refractivity contribution >= 4 is 0 Å². The van der Waals surface area contributed by atoms with Gasteiger partial charge in [0.05, 0.1) is 14.2 Å². The van der Waals surface area contributed by atoms with E-state index < -0.39 is 0 Å². The minimum Gasteiger partial charge on any atom is -0.493 e. The molecule has 0 radical (unpaired) electrons. The Morgan fingerprint density at radius 3 is 1.64 bits per heavy atom. The first-order valence-corrected chi connectivity index (χ1v) is 15.2. The minimum absolute atomic E-state index is 0.0289. The lowest BCUT2D eigenvalue weighted by Gasteiger charge is -2.32. The van der Waals surface area contributed by atoms with Crippen molar-refractivity contribution < 1.29 is 28.4 Å². The number of hydrogen-bond acceptors (Lipinski definition) is 7. The van der Waals surface area contributed by atoms with E-state index in [1.165, 1.54) is 0 Å². The van der Waals surface area contributed by atoms with Gasteiger partial charge < -0.3 is 28.4 Å². The van der Waals surface area contributed by atoms with Crippen LogP contribution in [0.3, 0.4) is 0 Å². The predicted octanol–water partition coefficient (Wildman–Crippen LogP) is 7.48. The van der Waals surface area contributed by atoms with E-state index in [4.69, 9.17) is 28.4 Å². The molecule has 4 rings (SSSR count). The van der Waals surface area contributed by atoms with Crippen LogP contribution in [0.4, 0.5) is 0 Å². The first-order chi connectivity index (χ1) is 21.5. The summed E-state index contributed by atoms with van der Waals surface area (Å²) in [4.78, 5) is 2.27. The maximum atomic E-state index is 6.29. The van der Waals surface area contributed by atoms with Gasteiger partial charge in [-0.1, -0.05) is 72.8 Å². The largest absolute Gasteiger partial charge is 0.493 e. The SMILES string of the molecule is CCOC(CN(C)[C@H](Cc1ccc(OC)c(OCc2ccccc2)c1)c1ccc(OC)c(OCc2ccccc2)c1)OCC. The van der Waals surface area contributed by atoms with Crippen LogP contribution in [0.25, 0.3) is 0 Å². The molecule has 0 bridgehead atoms. The fraction of sp³-hybridized carbons (Fsp3) is 0.351. The number of ether oxygens (including phenoxy) is 6. The van der Waals surface area contributed by atoms with E-state index in [9.17, 15) is 0 Å². The van der Waals surface area contributed by atoms with Crippen LogP contribution >= 0.6 is 0 Å². The third-order valence-electron chi connectivity index (χ3n) is 7.38. The zero-order valence-electron chi connectivity index (χ0n) is 26.5. The molecule has 0 saturated heterocycles. The first kappa shape index (κ1) is 32.9. The molecule has 44 heavy (non-hydrogen) atoms. The summed E-state index contributed by atoms with van der Waals surface area (Å²) >= 11 is 0. The molecule has 234 valence electrons. The average Bonchev–Trinajstić information content (AvgIpc) is 3.06. The zero-order chi connectivity index (χ0) is 31.1. The highest BCUT2D eigenvalue weighted by Crippen LogP contribution is 2.36. The highest BCUT2D eigenvalue weighted by Gasteiger charge is 2.24. The predicted molar refractivity (Wildman–Crippen MR) is 174 cm³/mol. The maximum Gasteiger partial charge on any atom is 0.170 e. The molecule has 0 spiro atoms. The van der Waals surface area contributed by atoms with Gasteiger partial charge in [-0.25, -0.2) is 0 Å². The van der Waals surface area contributed by atoms with Crippen LogP contribution in [0, 0.1) is 0 Å². The number of methoxy groups -OCH3 is 2. The van der Waals surface area contributed by atoms with E-state index in [0.29, 0.717) is 62.4 Å². The van der Waals surface area contributed by atoms with E-state index in [2.05, 4.69) is 60.5 Å². The van der Waals surface area contributed by atoms with Crippen LogP contribution < -0.4 is 18.9 Å². The summed E-state index contributed by atoms with van der Waals surface area (Å²) in [6.07, 6.45) is 0.364. The third kappa shape index (κ3) is 9.48. The molecule has 0 aliphatic heterocycles. The highest BCUT2D eigenvalue weighted by atomic mass is 16.7. The van der Waals surface area contributed by atoms with Crippen molar-refractivity contribution in [1.29, 1.82) is 0 Å². The molecule has 0 aliphatic rings. The van der Waals surface area contributed by atoms with Crippen molar-refractivity contribution in [2.24, 2.45) is 0 Å². The zero-order valence-corrected chi connectivity index (χ0v) is 26.5. The van der Waals surface area contributed by atoms with Crippen LogP contribution in [0.2, 0.25) is 0 Å². The smallest absolute Gasteiger partial charge is 0.170 e. The minimum atomic E-state index is -0.342. The number of rotatable bonds is 18. The number of benzene rings is 4. The molecule has 0 heterocycles. The van der Waals surface area contributed by atoms with Gasteiger partial charge in [-0.3, -0.25) is 4.90 Å². The molecule has 7 heteroatoms. The second-order valence-corrected chi connectivity index (χ2v) is 10.4. The van der Waals surface area contributed by atoms with Gasteiger partial charge in [0.2, 0.25) is 0 Å². The van der Waals surface area contributed by atoms with Gasteiger partial charge in [-0.05, 0) is 73.8 Å². The molecule has 0 amide bonds. The molecule has 7 nitrogen and oxygen atoms in total. The van der Waals surface area contributed by atoms with E-state index in [0.717, 1.165) is 22.3 Å². The molecule has 0 unspecified atom stereocenters. The fourth-order valence-electron chi connectivity index (χ4n) is 5.08. The number of hydrogen-bond donors (Lipinski definition) is 0. The van der Waals surface area contributed by atoms with Crippen LogP contribution in [-0.2, 0) is 29.1 Å². The monoisotopic (exact) mass is 599 g/mol. The van der Waals surface area contributed by atoms with Gasteiger partial charge in [-0.2, -0.15) is 0 Å². The molecule has 0 aromatic heterocycles. The van der Waals surface area contributed by atoms with E-state index in [1.54, 1.807) is 14.2 Å². The van der Waals surface area contributed by atoms with Gasteiger partial charge in [0.25, 0.3) is 0 Å². The average molecular weight is 600 g/mol. The van der Waals surface area contributed by atoms with Gasteiger partial charge >= 0.3 is 0 Å². The van der Waals surface area contributed by atoms with E-state index in [1.807, 2.05) is 62.4 Å². The Balaban J connectivity index is 1.63. The van der Waals surface area contributed by atoms with Crippen LogP contribution in [0.5, 0.6) is 23.0 Å². The molecule has 4 aromatic rings. The quantitative estimate of drug-likeness (QED) is 0.110. The fourth-order valence-corrected chi connectivity index (χ4v) is 5.08. The summed E-state index contributed by atoms with van der Waals surface area (Å²) in [7, 11) is 5.43. The third-order valence-corrected chi connectivity index (χ3v) is 7.38. The van der Waals surface area contributed by atoms with Gasteiger partial charge in [0.15, 0.2) is 29.3 Å². The topological polar surface area (TPSA) is 58.6 Å². The summed E-state index contributed by atoms with van der Waals surface area (Å²) in [6.45, 7) is 6.60. The Labute approximate surface area is 262 Å². The standard InChI is InChI=1S/C37H45NO6/c1-6-41-37(42-7-2)25-38(3)32(31-19-21-34(40-5)36(24-31)44-27-29-16-12-9-13-17-29)22-30-18-20-33(39-4)35(23-30)43-26-28-14-10-8-11-15-28/h8-21,23-24,32,37H,6-7,22,25-27H2,1-5H3/t32-/m1/s1. The lowest BCUT2D eigenvalue weighted by atomic mass is 9.96. The summed E-state index contributed by atoms with van der Waals surface area (Å²) < 4.78 is 35.7. The number of nitrogens with zero attached hydrogens (tertiary/aromatic N) is 1. The molecule has 0 N–H and O–H groups in total. The van der Waals surface area contributed by atoms with Crippen molar-refractivity contribution in [3.8, 4) is 23.0 Å². The normalized spacial score (nSPS) is 11.9. The summed E-state index contributed by atoms with van der Waals surface area (Å²) in [5, 5.41) is 0. The number of likely N-dealkylation sites (N-methyl/N-ethyl adjacent to an activating group) is 1. The van der Waals surface area contributed by atoms with Crippen LogP contribution in [0.1, 0.15) is 42.1 Å². The molecule has 1 atom stereocenters. The van der Waals surface area contributed by atoms with Gasteiger partial charge in [-0.15, -0.1) is 0 Å². The summed E-state index contributed by atoms with van der Waals surface area (Å²) in [6, 6.07) is 32.5. The Kier molecular flexibility index (Phi) is 12.9. The first-order valence-electron chi connectivity index (χ1n) is 15.2. The Bertz CT molecular complexity index is 1390. The van der Waals surface area contributed by atoms with Crippen molar-refractivity contribution in [1.82, 2.24) is 4.90 Å². The van der Waals surface area contributed by atoms with E-state index >= 15 is 0 Å². The van der Waals surface area contributed by atoms with Crippen molar-refractivity contribution in [2.45, 2.75) is 45.8 Å². The Morgan fingerprint density at radius 1 is 0.591 bits per heavy atom. The lowest BCUT2D eigenvalue weighted by molar-refractivity contribution is -0.148. The van der Waals surface area contributed by atoms with Crippen LogP contribution in [0.15, 0.2) is 97.1 Å². The highest BCUT2D eigenvalue weighted by molar-refractivity contribution is 5.46. The molecular weight excluding hydrogens is 554 g/mol. The Morgan fingerprint density at radius 2 is 1.11 bits per heavy atom. The van der Waals surface area contributed by atoms with Crippen LogP contribution in [-0.4, -0.2) is 52.2 Å².